The molecule has 1 aliphatic carbocycles. The molecule has 0 spiro atoms. The van der Waals surface area contributed by atoms with Crippen LogP contribution in [0.1, 0.15) is 19.4 Å². The third-order valence-corrected chi connectivity index (χ3v) is 10.1. The molecule has 0 aromatic heterocycles. The second kappa shape index (κ2) is 12.7. The monoisotopic (exact) mass is 690 g/mol. The first kappa shape index (κ1) is 35.5. The summed E-state index contributed by atoms with van der Waals surface area (Å²) in [4.78, 5) is 0. The van der Waals surface area contributed by atoms with Gasteiger partial charge in [-0.25, -0.2) is 61.5 Å². The summed E-state index contributed by atoms with van der Waals surface area (Å²) in [6, 6.07) is 3.50. The van der Waals surface area contributed by atoms with Gasteiger partial charge < -0.3 is 3.79 Å². The van der Waals surface area contributed by atoms with Crippen LogP contribution in [-0.4, -0.2) is 27.0 Å². The molecule has 0 aliphatic heterocycles. The van der Waals surface area contributed by atoms with Gasteiger partial charge in [0, 0.05) is 10.9 Å². The first-order valence-electron chi connectivity index (χ1n) is 13.0. The van der Waals surface area contributed by atoms with E-state index in [0.717, 1.165) is 18.2 Å². The minimum absolute atomic E-state index is 0.104. The van der Waals surface area contributed by atoms with E-state index >= 15 is 39.5 Å². The Morgan fingerprint density at radius 1 is 0.522 bits per heavy atom. The van der Waals surface area contributed by atoms with E-state index in [1.807, 2.05) is 0 Å². The summed E-state index contributed by atoms with van der Waals surface area (Å²) in [6.07, 6.45) is 0. The van der Waals surface area contributed by atoms with Crippen molar-refractivity contribution in [3.8, 4) is 0 Å². The molecule has 0 N–H and O–H groups in total. The molecule has 0 fully saturated rings. The minimum Gasteiger partial charge on any atom is -0.461 e. The molecule has 3 aromatic carbocycles. The molecule has 1 aliphatic rings. The molecular weight excluding hydrogens is 675 g/mol. The highest BCUT2D eigenvalue weighted by molar-refractivity contribution is 6.89. The largest absolute Gasteiger partial charge is 0.463 e. The average molecular weight is 690 g/mol. The van der Waals surface area contributed by atoms with E-state index in [-0.39, 0.29) is 10.6 Å². The Morgan fingerprint density at radius 3 is 1.17 bits per heavy atom. The van der Waals surface area contributed by atoms with Crippen molar-refractivity contribution in [1.82, 2.24) is 0 Å². The number of rotatable bonds is 8. The summed E-state index contributed by atoms with van der Waals surface area (Å²) in [7, 11) is 0. The van der Waals surface area contributed by atoms with Crippen molar-refractivity contribution in [2.45, 2.75) is 35.6 Å². The van der Waals surface area contributed by atoms with E-state index < -0.39 is 130 Å². The topological polar surface area (TPSA) is 9.23 Å². The molecule has 18 heteroatoms. The van der Waals surface area contributed by atoms with Crippen LogP contribution in [0.2, 0.25) is 10.6 Å². The molecule has 0 atom stereocenters. The first-order valence-corrected chi connectivity index (χ1v) is 15.1. The highest BCUT2D eigenvalue weighted by atomic mass is 27.2. The summed E-state index contributed by atoms with van der Waals surface area (Å²) < 4.78 is 233. The molecule has 4 rings (SSSR count). The zero-order valence-electron chi connectivity index (χ0n) is 23.0. The summed E-state index contributed by atoms with van der Waals surface area (Å²) >= 11 is -3.07. The van der Waals surface area contributed by atoms with Crippen LogP contribution in [0.25, 0.3) is 0 Å². The van der Waals surface area contributed by atoms with Crippen LogP contribution in [-0.2, 0) is 9.10 Å². The molecule has 0 unspecified atom stereocenters. The lowest BCUT2D eigenvalue weighted by Crippen LogP contribution is -2.65. The Kier molecular flexibility index (Phi) is 9.79. The third kappa shape index (κ3) is 4.95. The van der Waals surface area contributed by atoms with E-state index in [0.29, 0.717) is 12.1 Å². The second-order valence-electron chi connectivity index (χ2n) is 9.98. The Morgan fingerprint density at radius 2 is 0.848 bits per heavy atom. The normalized spacial score (nSPS) is 20.1. The fraction of sp³-hybridized carbons (Fsp3) is 0.214. The number of benzene rings is 3. The van der Waals surface area contributed by atoms with Gasteiger partial charge in [-0.1, -0.05) is 54.7 Å². The van der Waals surface area contributed by atoms with Gasteiger partial charge in [0.05, 0.1) is 5.31 Å². The Labute approximate surface area is 254 Å². The number of allylic oxidation sites excluding steroid dienone is 2. The van der Waals surface area contributed by atoms with Crippen LogP contribution in [0.4, 0.5) is 65.9 Å². The van der Waals surface area contributed by atoms with Crippen molar-refractivity contribution in [3.63, 3.8) is 0 Å². The molecule has 0 heterocycles. The quantitative estimate of drug-likeness (QED) is 0.100. The predicted molar refractivity (Wildman–Crippen MR) is 136 cm³/mol. The van der Waals surface area contributed by atoms with Crippen LogP contribution in [0, 0.1) is 58.2 Å². The van der Waals surface area contributed by atoms with E-state index in [2.05, 4.69) is 0 Å². The lowest BCUT2D eigenvalue weighted by Gasteiger charge is -2.43. The van der Waals surface area contributed by atoms with Crippen molar-refractivity contribution in [3.05, 3.63) is 117 Å². The fourth-order valence-corrected chi connectivity index (χ4v) is 6.89. The van der Waals surface area contributed by atoms with E-state index in [1.165, 1.54) is 13.8 Å². The molecule has 3 aromatic rings. The number of hydrogen-bond donors (Lipinski definition) is 0. The summed E-state index contributed by atoms with van der Waals surface area (Å²) in [5.74, 6) is -47.4. The zero-order chi connectivity index (χ0) is 34.6. The molecule has 0 bridgehead atoms. The zero-order valence-corrected chi connectivity index (χ0v) is 24.2. The van der Waals surface area contributed by atoms with Gasteiger partial charge >= 0.3 is 14.5 Å². The van der Waals surface area contributed by atoms with Crippen molar-refractivity contribution < 1.29 is 69.6 Å². The molecule has 0 saturated heterocycles. The van der Waals surface area contributed by atoms with Crippen LogP contribution in [0.5, 0.6) is 0 Å². The summed E-state index contributed by atoms with van der Waals surface area (Å²) in [5.41, 5.74) is -6.76. The number of hydrogen-bond acceptors (Lipinski definition) is 1. The Bertz CT molecular complexity index is 1620. The molecule has 0 saturated carbocycles. The van der Waals surface area contributed by atoms with Gasteiger partial charge in [0.1, 0.15) is 11.7 Å². The van der Waals surface area contributed by atoms with Crippen molar-refractivity contribution in [1.29, 1.82) is 0 Å². The molecular formula is C28H15AlBF15O. The number of alkyl halides is 1. The molecule has 0 amide bonds. The maximum Gasteiger partial charge on any atom is 0.463 e. The minimum atomic E-state index is -4.77. The highest BCUT2D eigenvalue weighted by Crippen LogP contribution is 2.56. The number of halogens is 15. The average Bonchev–Trinajstić information content (AvgIpc) is 3.06. The predicted octanol–water partition coefficient (Wildman–Crippen LogP) is 8.19. The highest BCUT2D eigenvalue weighted by Gasteiger charge is 2.66. The lowest BCUT2D eigenvalue weighted by molar-refractivity contribution is -0.0441. The smallest absolute Gasteiger partial charge is 0.461 e. The van der Waals surface area contributed by atoms with Crippen molar-refractivity contribution in [2.75, 3.05) is 0 Å². The Hall–Kier alpha value is -3.35. The Balaban J connectivity index is 2.36. The van der Waals surface area contributed by atoms with Crippen molar-refractivity contribution in [2.24, 2.45) is 0 Å². The van der Waals surface area contributed by atoms with Gasteiger partial charge in [0.15, 0.2) is 58.2 Å². The van der Waals surface area contributed by atoms with Gasteiger partial charge in [-0.15, -0.1) is 0 Å². The molecule has 0 radical (unpaired) electrons. The van der Waals surface area contributed by atoms with E-state index in [4.69, 9.17) is 3.79 Å². The van der Waals surface area contributed by atoms with Gasteiger partial charge in [0.2, 0.25) is 11.7 Å². The van der Waals surface area contributed by atoms with Gasteiger partial charge in [-0.2, -0.15) is 4.39 Å². The third-order valence-electron chi connectivity index (χ3n) is 7.61. The van der Waals surface area contributed by atoms with Crippen LogP contribution >= 0.6 is 0 Å². The lowest BCUT2D eigenvalue weighted by atomic mass is 9.24. The first-order chi connectivity index (χ1) is 21.5. The van der Waals surface area contributed by atoms with Crippen LogP contribution in [0.3, 0.4) is 0 Å². The summed E-state index contributed by atoms with van der Waals surface area (Å²) in [6.45, 7) is -1.41. The standard InChI is InChI=1S/C24H5BF15O.2C2H5.Al/c26-9-7(10(27)14(31)17(34)13(9)30)25(8-11(28)15(32)18(35)16(33)12(8)29)23(6-4-2-1-3-5-6)19(36)21(38)24(40,41)22(39)20(23)37;2*1-2;/h1-5H;2*1H2,2H3;/q-1;;;+1. The fourth-order valence-electron chi connectivity index (χ4n) is 5.31. The van der Waals surface area contributed by atoms with Crippen LogP contribution < -0.4 is 10.9 Å². The van der Waals surface area contributed by atoms with E-state index in [9.17, 15) is 26.3 Å². The second-order valence-corrected chi connectivity index (χ2v) is 13.1. The van der Waals surface area contributed by atoms with Gasteiger partial charge in [-0.3, -0.25) is 0 Å². The maximum absolute atomic E-state index is 16.6. The molecule has 1 nitrogen and oxygen atoms in total. The SMILES string of the molecule is C[CH2][Al]([CH2]C)[O]C1(F)C(F)=C(F)C(B(c2c(F)c(F)c(F)c(F)c2F)c2c(F)c(F)c(F)c(F)c2F)(c2ccccc2)C(F)=C1F. The van der Waals surface area contributed by atoms with Gasteiger partial charge in [-0.05, 0) is 5.56 Å². The van der Waals surface area contributed by atoms with Gasteiger partial charge in [0.25, 0.3) is 12.6 Å². The maximum atomic E-state index is 16.6. The molecule has 46 heavy (non-hydrogen) atoms. The summed E-state index contributed by atoms with van der Waals surface area (Å²) in [5, 5.41) is -4.79. The molecule has 244 valence electrons. The van der Waals surface area contributed by atoms with Crippen LogP contribution in [0.15, 0.2) is 53.6 Å². The van der Waals surface area contributed by atoms with Crippen molar-refractivity contribution >= 4 is 32.1 Å². The van der Waals surface area contributed by atoms with E-state index in [1.54, 1.807) is 0 Å².